The van der Waals surface area contributed by atoms with Gasteiger partial charge in [0, 0.05) is 36.8 Å². The van der Waals surface area contributed by atoms with Gasteiger partial charge in [0.05, 0.1) is 21.3 Å². The van der Waals surface area contributed by atoms with Crippen LogP contribution in [-0.2, 0) is 11.3 Å². The second-order valence-corrected chi connectivity index (χ2v) is 8.22. The zero-order valence-corrected chi connectivity index (χ0v) is 22.4. The minimum Gasteiger partial charge on any atom is -0.493 e. The number of hydrogen-bond donors (Lipinski definition) is 3. The first-order valence-corrected chi connectivity index (χ1v) is 11.9. The number of imidazole rings is 1. The molecular weight excluding hydrogens is 484 g/mol. The maximum atomic E-state index is 12.8. The summed E-state index contributed by atoms with van der Waals surface area (Å²) in [7, 11) is 4.69. The lowest BCUT2D eigenvalue weighted by Gasteiger charge is -2.16. The zero-order chi connectivity index (χ0) is 25.4. The van der Waals surface area contributed by atoms with Crippen LogP contribution in [0.5, 0.6) is 17.2 Å². The van der Waals surface area contributed by atoms with Gasteiger partial charge in [0.15, 0.2) is 17.1 Å². The average molecular weight is 521 g/mol. The van der Waals surface area contributed by atoms with Gasteiger partial charge in [0.1, 0.15) is 11.3 Å². The number of nitrogens with one attached hydrogen (secondary N) is 2. The Hall–Kier alpha value is -3.24. The van der Waals surface area contributed by atoms with Crippen LogP contribution in [0.2, 0.25) is 0 Å². The second kappa shape index (κ2) is 13.7. The number of carbonyl (C=O) groups excluding carboxylic acids is 1. The number of pyridine rings is 1. The van der Waals surface area contributed by atoms with E-state index in [4.69, 9.17) is 29.9 Å². The number of benzene rings is 1. The Morgan fingerprint density at radius 3 is 2.19 bits per heavy atom. The Balaban J connectivity index is 0.00000456. The lowest BCUT2D eigenvalue weighted by molar-refractivity contribution is -0.120. The van der Waals surface area contributed by atoms with Gasteiger partial charge in [-0.3, -0.25) is 9.36 Å². The number of carbonyl (C=O) groups is 1. The van der Waals surface area contributed by atoms with E-state index >= 15 is 0 Å². The molecule has 0 unspecified atom stereocenters. The number of rotatable bonds is 13. The van der Waals surface area contributed by atoms with Gasteiger partial charge in [-0.1, -0.05) is 26.7 Å². The van der Waals surface area contributed by atoms with Gasteiger partial charge in [0.2, 0.25) is 17.6 Å². The summed E-state index contributed by atoms with van der Waals surface area (Å²) in [5.41, 5.74) is 7.91. The smallest absolute Gasteiger partial charge is 0.228 e. The monoisotopic (exact) mass is 520 g/mol. The minimum atomic E-state index is -0.0197. The van der Waals surface area contributed by atoms with Crippen LogP contribution in [-0.4, -0.2) is 48.3 Å². The molecule has 2 heterocycles. The lowest BCUT2D eigenvalue weighted by atomic mass is 9.97. The van der Waals surface area contributed by atoms with Crippen molar-refractivity contribution in [1.29, 1.82) is 0 Å². The first-order valence-electron chi connectivity index (χ1n) is 11.9. The van der Waals surface area contributed by atoms with Gasteiger partial charge in [-0.2, -0.15) is 0 Å². The summed E-state index contributed by atoms with van der Waals surface area (Å²) in [6, 6.07) is 7.22. The maximum absolute atomic E-state index is 12.8. The van der Waals surface area contributed by atoms with E-state index in [0.29, 0.717) is 59.0 Å². The molecular formula is C25H37ClN6O4. The van der Waals surface area contributed by atoms with Crippen LogP contribution in [0, 0.1) is 5.92 Å². The van der Waals surface area contributed by atoms with Gasteiger partial charge in [-0.25, -0.2) is 9.97 Å². The van der Waals surface area contributed by atoms with Crippen LogP contribution in [0.4, 0.5) is 17.5 Å². The quantitative estimate of drug-likeness (QED) is 0.295. The minimum absolute atomic E-state index is 0. The molecule has 1 amide bonds. The molecule has 3 rings (SSSR count). The van der Waals surface area contributed by atoms with E-state index in [1.54, 1.807) is 39.5 Å². The normalized spacial score (nSPS) is 10.8. The molecule has 4 N–H and O–H groups in total. The van der Waals surface area contributed by atoms with Gasteiger partial charge < -0.3 is 30.6 Å². The van der Waals surface area contributed by atoms with Gasteiger partial charge >= 0.3 is 0 Å². The molecule has 11 heteroatoms. The van der Waals surface area contributed by atoms with Crippen molar-refractivity contribution in [2.45, 2.75) is 46.1 Å². The van der Waals surface area contributed by atoms with E-state index < -0.39 is 0 Å². The molecule has 10 nitrogen and oxygen atoms in total. The van der Waals surface area contributed by atoms with Crippen LogP contribution in [0.3, 0.4) is 0 Å². The number of fused-ring (bicyclic) bond motifs is 1. The van der Waals surface area contributed by atoms with E-state index in [0.717, 1.165) is 25.7 Å². The van der Waals surface area contributed by atoms with Gasteiger partial charge in [-0.15, -0.1) is 12.4 Å². The van der Waals surface area contributed by atoms with Crippen molar-refractivity contribution in [1.82, 2.24) is 14.5 Å². The average Bonchev–Trinajstić information content (AvgIpc) is 3.19. The Morgan fingerprint density at radius 2 is 1.67 bits per heavy atom. The van der Waals surface area contributed by atoms with Crippen LogP contribution in [0.1, 0.15) is 39.5 Å². The third kappa shape index (κ3) is 6.50. The molecule has 0 aliphatic carbocycles. The summed E-state index contributed by atoms with van der Waals surface area (Å²) in [6.07, 6.45) is 3.64. The fourth-order valence-electron chi connectivity index (χ4n) is 4.12. The van der Waals surface area contributed by atoms with Gasteiger partial charge in [-0.05, 0) is 25.0 Å². The molecule has 0 aliphatic rings. The molecule has 0 saturated heterocycles. The number of hydrogen-bond acceptors (Lipinski definition) is 8. The van der Waals surface area contributed by atoms with Crippen LogP contribution < -0.4 is 30.6 Å². The Labute approximate surface area is 218 Å². The second-order valence-electron chi connectivity index (χ2n) is 8.22. The van der Waals surface area contributed by atoms with E-state index in [1.165, 1.54) is 0 Å². The SMILES string of the molecule is CCCC(CCC)C(=O)Nc1ccc2nc(Nc3cc(OC)c(OC)c(OC)c3)n(CCN)c2n1.Cl. The number of nitrogens with two attached hydrogens (primary N) is 1. The zero-order valence-electron chi connectivity index (χ0n) is 21.6. The largest absolute Gasteiger partial charge is 0.493 e. The molecule has 3 aromatic rings. The predicted octanol–water partition coefficient (Wildman–Crippen LogP) is 4.74. The topological polar surface area (TPSA) is 126 Å². The van der Waals surface area contributed by atoms with Crippen LogP contribution >= 0.6 is 12.4 Å². The molecule has 0 spiro atoms. The molecule has 1 aromatic carbocycles. The summed E-state index contributed by atoms with van der Waals surface area (Å²) in [5.74, 6) is 2.58. The van der Waals surface area contributed by atoms with Crippen molar-refractivity contribution in [3.8, 4) is 17.2 Å². The first-order chi connectivity index (χ1) is 17.0. The summed E-state index contributed by atoms with van der Waals surface area (Å²) in [5, 5.41) is 6.30. The first kappa shape index (κ1) is 29.0. The highest BCUT2D eigenvalue weighted by Gasteiger charge is 2.19. The number of amides is 1. The van der Waals surface area contributed by atoms with Gasteiger partial charge in [0.25, 0.3) is 0 Å². The summed E-state index contributed by atoms with van der Waals surface area (Å²) in [4.78, 5) is 22.2. The number of anilines is 3. The standard InChI is InChI=1S/C25H36N6O4.ClH/c1-6-8-16(9-7-2)24(32)30-21-11-10-18-23(29-21)31(13-12-26)25(28-18)27-17-14-19(33-3)22(35-5)20(15-17)34-4;/h10-11,14-16H,6-9,12-13,26H2,1-5H3,(H,27,28)(H,29,30,32);1H. The van der Waals surface area contributed by atoms with Crippen LogP contribution in [0.15, 0.2) is 24.3 Å². The molecule has 0 aliphatic heterocycles. The lowest BCUT2D eigenvalue weighted by Crippen LogP contribution is -2.23. The highest BCUT2D eigenvalue weighted by atomic mass is 35.5. The molecule has 2 aromatic heterocycles. The van der Waals surface area contributed by atoms with Crippen molar-refractivity contribution >= 4 is 46.9 Å². The van der Waals surface area contributed by atoms with E-state index in [2.05, 4.69) is 24.5 Å². The predicted molar refractivity (Wildman–Crippen MR) is 145 cm³/mol. The van der Waals surface area contributed by atoms with Crippen molar-refractivity contribution in [2.24, 2.45) is 11.7 Å². The number of methoxy groups -OCH3 is 3. The summed E-state index contributed by atoms with van der Waals surface area (Å²) < 4.78 is 18.2. The summed E-state index contributed by atoms with van der Waals surface area (Å²) >= 11 is 0. The highest BCUT2D eigenvalue weighted by Crippen LogP contribution is 2.40. The molecule has 0 atom stereocenters. The Morgan fingerprint density at radius 1 is 1.03 bits per heavy atom. The number of aromatic nitrogens is 3. The fraction of sp³-hybridized carbons (Fsp3) is 0.480. The molecule has 198 valence electrons. The Kier molecular flexibility index (Phi) is 11.1. The number of ether oxygens (including phenoxy) is 3. The van der Waals surface area contributed by atoms with Crippen molar-refractivity contribution < 1.29 is 19.0 Å². The van der Waals surface area contributed by atoms with Crippen LogP contribution in [0.25, 0.3) is 11.2 Å². The third-order valence-electron chi connectivity index (χ3n) is 5.76. The van der Waals surface area contributed by atoms with E-state index in [1.807, 2.05) is 10.6 Å². The van der Waals surface area contributed by atoms with E-state index in [9.17, 15) is 4.79 Å². The van der Waals surface area contributed by atoms with Crippen molar-refractivity contribution in [3.63, 3.8) is 0 Å². The molecule has 0 saturated carbocycles. The molecule has 0 radical (unpaired) electrons. The number of nitrogens with zero attached hydrogens (tertiary/aromatic N) is 3. The maximum Gasteiger partial charge on any atom is 0.228 e. The molecule has 0 bridgehead atoms. The van der Waals surface area contributed by atoms with E-state index in [-0.39, 0.29) is 24.2 Å². The molecule has 0 fully saturated rings. The molecule has 36 heavy (non-hydrogen) atoms. The van der Waals surface area contributed by atoms with Crippen molar-refractivity contribution in [3.05, 3.63) is 24.3 Å². The fourth-order valence-corrected chi connectivity index (χ4v) is 4.12. The van der Waals surface area contributed by atoms with Crippen molar-refractivity contribution in [2.75, 3.05) is 38.5 Å². The Bertz CT molecular complexity index is 1120. The highest BCUT2D eigenvalue weighted by molar-refractivity contribution is 5.92. The number of halogens is 1. The third-order valence-corrected chi connectivity index (χ3v) is 5.76. The summed E-state index contributed by atoms with van der Waals surface area (Å²) in [6.45, 7) is 5.06.